The molecule has 0 amide bonds. The van der Waals surface area contributed by atoms with E-state index in [1.54, 1.807) is 0 Å². The van der Waals surface area contributed by atoms with E-state index in [0.29, 0.717) is 18.9 Å². The lowest BCUT2D eigenvalue weighted by molar-refractivity contribution is -0.247. The van der Waals surface area contributed by atoms with Gasteiger partial charge in [-0.05, 0) is 41.6 Å². The molecule has 1 heterocycles. The van der Waals surface area contributed by atoms with E-state index in [1.807, 2.05) is 37.3 Å². The first-order valence-corrected chi connectivity index (χ1v) is 13.7. The maximum atomic E-state index is 10.9. The van der Waals surface area contributed by atoms with Gasteiger partial charge in [0.25, 0.3) is 0 Å². The lowest BCUT2D eigenvalue weighted by Crippen LogP contribution is -2.61. The highest BCUT2D eigenvalue weighted by molar-refractivity contribution is 6.74. The van der Waals surface area contributed by atoms with E-state index < -0.39 is 39.0 Å². The number of benzene rings is 1. The van der Waals surface area contributed by atoms with Gasteiger partial charge in [0.1, 0.15) is 12.1 Å². The van der Waals surface area contributed by atoms with E-state index in [0.717, 1.165) is 5.56 Å². The number of azide groups is 1. The summed E-state index contributed by atoms with van der Waals surface area (Å²) in [7, 11) is -2.28. The van der Waals surface area contributed by atoms with Gasteiger partial charge in [0.15, 0.2) is 14.6 Å². The molecule has 5 atom stereocenters. The van der Waals surface area contributed by atoms with E-state index in [9.17, 15) is 10.6 Å². The number of aliphatic hydroxyl groups excluding tert-OH is 1. The van der Waals surface area contributed by atoms with E-state index in [1.165, 1.54) is 0 Å². The first-order chi connectivity index (χ1) is 14.0. The van der Waals surface area contributed by atoms with Crippen LogP contribution in [0.1, 0.15) is 46.6 Å². The maximum absolute atomic E-state index is 10.9. The van der Waals surface area contributed by atoms with Crippen LogP contribution in [-0.4, -0.2) is 44.1 Å². The smallest absolute Gasteiger partial charge is 0.196 e. The van der Waals surface area contributed by atoms with Crippen LogP contribution < -0.4 is 0 Å². The monoisotopic (exact) mass is 435 g/mol. The fourth-order valence-electron chi connectivity index (χ4n) is 3.62. The molecule has 0 aromatic heterocycles. The van der Waals surface area contributed by atoms with Crippen LogP contribution in [0.15, 0.2) is 35.4 Å². The van der Waals surface area contributed by atoms with E-state index in [-0.39, 0.29) is 5.04 Å². The average Bonchev–Trinajstić information content (AvgIpc) is 2.70. The minimum Gasteiger partial charge on any atom is -0.392 e. The van der Waals surface area contributed by atoms with Crippen molar-refractivity contribution >= 4 is 8.32 Å². The number of nitrogens with zero attached hydrogens (tertiary/aromatic N) is 3. The van der Waals surface area contributed by atoms with Crippen LogP contribution in [-0.2, 0) is 20.5 Å². The molecule has 2 unspecified atom stereocenters. The van der Waals surface area contributed by atoms with E-state index in [2.05, 4.69) is 50.8 Å². The zero-order chi connectivity index (χ0) is 22.5. The van der Waals surface area contributed by atoms with Gasteiger partial charge in [0, 0.05) is 4.91 Å². The van der Waals surface area contributed by atoms with Crippen LogP contribution in [0.4, 0.5) is 0 Å². The molecule has 2 rings (SSSR count). The van der Waals surface area contributed by atoms with Crippen molar-refractivity contribution in [3.63, 3.8) is 0 Å². The lowest BCUT2D eigenvalue weighted by Gasteiger charge is -2.49. The Morgan fingerprint density at radius 1 is 1.27 bits per heavy atom. The second-order valence-corrected chi connectivity index (χ2v) is 13.9. The number of hydrogen-bond acceptors (Lipinski definition) is 5. The van der Waals surface area contributed by atoms with Crippen molar-refractivity contribution in [1.82, 2.24) is 0 Å². The number of hydrogen-bond donors (Lipinski definition) is 1. The van der Waals surface area contributed by atoms with E-state index in [4.69, 9.17) is 13.9 Å². The van der Waals surface area contributed by atoms with Crippen molar-refractivity contribution in [1.29, 1.82) is 0 Å². The second kappa shape index (κ2) is 10.3. The van der Waals surface area contributed by atoms with Gasteiger partial charge in [-0.25, -0.2) is 0 Å². The van der Waals surface area contributed by atoms with Crippen LogP contribution in [0.2, 0.25) is 18.1 Å². The molecule has 1 fully saturated rings. The van der Waals surface area contributed by atoms with Gasteiger partial charge in [0.2, 0.25) is 0 Å². The van der Waals surface area contributed by atoms with Gasteiger partial charge < -0.3 is 19.0 Å². The van der Waals surface area contributed by atoms with Crippen molar-refractivity contribution in [3.8, 4) is 0 Å². The molecule has 1 aliphatic heterocycles. The Balaban J connectivity index is 2.30. The Morgan fingerprint density at radius 3 is 2.43 bits per heavy atom. The summed E-state index contributed by atoms with van der Waals surface area (Å²) in [5.74, 6) is 0.415. The van der Waals surface area contributed by atoms with Gasteiger partial charge in [-0.3, -0.25) is 0 Å². The predicted molar refractivity (Wildman–Crippen MR) is 120 cm³/mol. The van der Waals surface area contributed by atoms with Crippen molar-refractivity contribution < 1.29 is 19.0 Å². The Kier molecular flexibility index (Phi) is 8.50. The Bertz CT molecular complexity index is 722. The fraction of sp³-hybridized carbons (Fsp3) is 0.727. The van der Waals surface area contributed by atoms with Gasteiger partial charge in [-0.1, -0.05) is 70.1 Å². The van der Waals surface area contributed by atoms with Crippen LogP contribution >= 0.6 is 0 Å². The Labute approximate surface area is 181 Å². The molecule has 1 saturated heterocycles. The van der Waals surface area contributed by atoms with Crippen LogP contribution in [0.3, 0.4) is 0 Å². The predicted octanol–water partition coefficient (Wildman–Crippen LogP) is 5.40. The highest BCUT2D eigenvalue weighted by Crippen LogP contribution is 2.46. The normalized spacial score (nSPS) is 27.7. The van der Waals surface area contributed by atoms with Gasteiger partial charge in [-0.2, -0.15) is 0 Å². The Hall–Kier alpha value is -1.41. The molecule has 0 bridgehead atoms. The summed E-state index contributed by atoms with van der Waals surface area (Å²) in [4.78, 5) is 3.02. The molecule has 0 spiro atoms. The molecule has 30 heavy (non-hydrogen) atoms. The van der Waals surface area contributed by atoms with Gasteiger partial charge in [0.05, 0.1) is 18.8 Å². The van der Waals surface area contributed by atoms with Gasteiger partial charge >= 0.3 is 0 Å². The minimum absolute atomic E-state index is 0.0323. The SMILES string of the molecule is CCC1O[C@@H](O[Si](C)(C)C(C)(C)C(C)C)C(N=[N+]=[N-])[C@H](OCc2ccccc2)[C@@H]1O. The molecular formula is C22H37N3O4Si. The minimum atomic E-state index is -2.28. The fourth-order valence-corrected chi connectivity index (χ4v) is 6.09. The quantitative estimate of drug-likeness (QED) is 0.243. The molecule has 0 aliphatic carbocycles. The standard InChI is InChI=1S/C22H37N3O4Si/c1-8-17-19(26)20(27-14-16-12-10-9-11-13-16)18(24-25-23)21(28-17)29-30(6,7)22(4,5)15(2)3/h9-13,15,17-21,26H,8,14H2,1-7H3/t17?,18?,19-,20+,21+/m1/s1. The molecule has 168 valence electrons. The molecule has 1 N–H and O–H groups in total. The number of aliphatic hydroxyl groups is 1. The summed E-state index contributed by atoms with van der Waals surface area (Å²) in [5.41, 5.74) is 10.2. The molecule has 7 nitrogen and oxygen atoms in total. The highest BCUT2D eigenvalue weighted by Gasteiger charge is 2.51. The summed E-state index contributed by atoms with van der Waals surface area (Å²) in [6.07, 6.45) is -2.22. The molecule has 8 heteroatoms. The second-order valence-electron chi connectivity index (χ2n) is 9.40. The third-order valence-electron chi connectivity index (χ3n) is 6.92. The van der Waals surface area contributed by atoms with Crippen molar-refractivity contribution in [3.05, 3.63) is 46.3 Å². The summed E-state index contributed by atoms with van der Waals surface area (Å²) in [5, 5.41) is 14.8. The lowest BCUT2D eigenvalue weighted by atomic mass is 9.95. The maximum Gasteiger partial charge on any atom is 0.196 e. The van der Waals surface area contributed by atoms with Crippen molar-refractivity contribution in [2.75, 3.05) is 0 Å². The third-order valence-corrected chi connectivity index (χ3v) is 11.4. The molecular weight excluding hydrogens is 398 g/mol. The molecule has 0 saturated carbocycles. The van der Waals surface area contributed by atoms with Crippen molar-refractivity contribution in [2.45, 2.75) is 96.4 Å². The first kappa shape index (κ1) is 24.9. The molecule has 1 aromatic rings. The topological polar surface area (TPSA) is 96.7 Å². The molecule has 0 radical (unpaired) electrons. The van der Waals surface area contributed by atoms with Crippen LogP contribution in [0.25, 0.3) is 10.4 Å². The number of rotatable bonds is 9. The summed E-state index contributed by atoms with van der Waals surface area (Å²) < 4.78 is 18.8. The largest absolute Gasteiger partial charge is 0.392 e. The molecule has 1 aromatic carbocycles. The number of ether oxygens (including phenoxy) is 2. The van der Waals surface area contributed by atoms with Crippen molar-refractivity contribution in [2.24, 2.45) is 11.0 Å². The zero-order valence-corrected chi connectivity index (χ0v) is 20.3. The summed E-state index contributed by atoms with van der Waals surface area (Å²) in [6, 6.07) is 8.96. The zero-order valence-electron chi connectivity index (χ0n) is 19.3. The van der Waals surface area contributed by atoms with Crippen LogP contribution in [0, 0.1) is 5.92 Å². The Morgan fingerprint density at radius 2 is 1.90 bits per heavy atom. The summed E-state index contributed by atoms with van der Waals surface area (Å²) >= 11 is 0. The van der Waals surface area contributed by atoms with Gasteiger partial charge in [-0.15, -0.1) is 0 Å². The highest BCUT2D eigenvalue weighted by atomic mass is 28.4. The molecule has 1 aliphatic rings. The average molecular weight is 436 g/mol. The first-order valence-electron chi connectivity index (χ1n) is 10.8. The third kappa shape index (κ3) is 5.44. The van der Waals surface area contributed by atoms with E-state index >= 15 is 0 Å². The summed E-state index contributed by atoms with van der Waals surface area (Å²) in [6.45, 7) is 15.4. The van der Waals surface area contributed by atoms with Crippen LogP contribution in [0.5, 0.6) is 0 Å².